The molecule has 0 nitrogen and oxygen atoms in total. The van der Waals surface area contributed by atoms with Crippen molar-refractivity contribution < 1.29 is 13.2 Å². The molecule has 0 aliphatic heterocycles. The predicted molar refractivity (Wildman–Crippen MR) is 85.5 cm³/mol. The van der Waals surface area contributed by atoms with E-state index in [0.717, 1.165) is 50.5 Å². The number of hydrogen-bond acceptors (Lipinski definition) is 0. The maximum Gasteiger partial charge on any atom is 0.416 e. The first-order chi connectivity index (χ1) is 10.5. The largest absolute Gasteiger partial charge is 0.416 e. The molecule has 0 atom stereocenters. The van der Waals surface area contributed by atoms with Crippen LogP contribution in [0.5, 0.6) is 0 Å². The molecule has 1 aliphatic rings. The summed E-state index contributed by atoms with van der Waals surface area (Å²) in [6.45, 7) is 3.72. The molecule has 1 aromatic rings. The molecule has 22 heavy (non-hydrogen) atoms. The molecule has 1 saturated carbocycles. The molecule has 0 aromatic heterocycles. The van der Waals surface area contributed by atoms with Gasteiger partial charge in [0.15, 0.2) is 0 Å². The lowest BCUT2D eigenvalue weighted by Crippen LogP contribution is -2.05. The van der Waals surface area contributed by atoms with Gasteiger partial charge in [0.05, 0.1) is 5.56 Å². The summed E-state index contributed by atoms with van der Waals surface area (Å²) in [5, 5.41) is 0. The highest BCUT2D eigenvalue weighted by Gasteiger charge is 2.30. The van der Waals surface area contributed by atoms with Gasteiger partial charge in [0.25, 0.3) is 0 Å². The highest BCUT2D eigenvalue weighted by atomic mass is 19.4. The number of halogens is 3. The fraction of sp³-hybridized carbons (Fsp3) is 0.474. The van der Waals surface area contributed by atoms with Crippen molar-refractivity contribution >= 4 is 5.57 Å². The zero-order valence-electron chi connectivity index (χ0n) is 12.9. The molecule has 1 aliphatic carbocycles. The lowest BCUT2D eigenvalue weighted by atomic mass is 9.83. The van der Waals surface area contributed by atoms with E-state index in [1.54, 1.807) is 12.1 Å². The normalized spacial score (nSPS) is 14.6. The second kappa shape index (κ2) is 7.66. The van der Waals surface area contributed by atoms with E-state index in [1.165, 1.54) is 29.7 Å². The predicted octanol–water partition coefficient (Wildman–Crippen LogP) is 6.78. The Bertz CT molecular complexity index is 515. The first-order valence-corrected chi connectivity index (χ1v) is 8.02. The van der Waals surface area contributed by atoms with E-state index in [1.807, 2.05) is 6.08 Å². The van der Waals surface area contributed by atoms with Crippen molar-refractivity contribution in [3.8, 4) is 0 Å². The number of allylic oxidation sites excluding steroid dienone is 3. The highest BCUT2D eigenvalue weighted by Crippen LogP contribution is 2.37. The van der Waals surface area contributed by atoms with Gasteiger partial charge < -0.3 is 0 Å². The van der Waals surface area contributed by atoms with E-state index in [9.17, 15) is 13.2 Å². The summed E-state index contributed by atoms with van der Waals surface area (Å²) in [6.07, 6.45) is 6.45. The van der Waals surface area contributed by atoms with Crippen molar-refractivity contribution in [2.45, 2.75) is 57.5 Å². The third-order valence-electron chi connectivity index (χ3n) is 4.28. The molecule has 120 valence electrons. The summed E-state index contributed by atoms with van der Waals surface area (Å²) in [4.78, 5) is 0. The Morgan fingerprint density at radius 1 is 1.05 bits per heavy atom. The lowest BCUT2D eigenvalue weighted by molar-refractivity contribution is -0.137. The molecule has 2 rings (SSSR count). The Morgan fingerprint density at radius 2 is 1.73 bits per heavy atom. The highest BCUT2D eigenvalue weighted by molar-refractivity contribution is 5.70. The number of alkyl halides is 3. The minimum atomic E-state index is -4.26. The van der Waals surface area contributed by atoms with Crippen LogP contribution in [0.4, 0.5) is 13.2 Å². The number of unbranched alkanes of at least 4 members (excludes halogenated alkanes) is 3. The summed E-state index contributed by atoms with van der Waals surface area (Å²) in [5.41, 5.74) is 3.11. The number of rotatable bonds is 7. The van der Waals surface area contributed by atoms with Crippen LogP contribution in [0.2, 0.25) is 0 Å². The third kappa shape index (κ3) is 4.49. The maximum atomic E-state index is 12.7. The molecule has 3 heteroatoms. The van der Waals surface area contributed by atoms with Gasteiger partial charge in [-0.05, 0) is 68.2 Å². The van der Waals surface area contributed by atoms with E-state index in [2.05, 4.69) is 6.58 Å². The molecule has 0 heterocycles. The van der Waals surface area contributed by atoms with Crippen LogP contribution in [-0.4, -0.2) is 0 Å². The molecular weight excluding hydrogens is 285 g/mol. The summed E-state index contributed by atoms with van der Waals surface area (Å²) in [7, 11) is 0. The van der Waals surface area contributed by atoms with Crippen molar-refractivity contribution in [3.05, 3.63) is 53.6 Å². The number of hydrogen-bond donors (Lipinski definition) is 0. The topological polar surface area (TPSA) is 0 Å². The molecule has 0 radical (unpaired) electrons. The zero-order chi connectivity index (χ0) is 16.0. The van der Waals surface area contributed by atoms with Gasteiger partial charge in [-0.1, -0.05) is 30.2 Å². The van der Waals surface area contributed by atoms with Gasteiger partial charge in [0.2, 0.25) is 0 Å². The molecular formula is C19H23F3. The SMILES string of the molecule is C=CCCCCCC(=C1CCC1)c1ccc(C(F)(F)F)cc1. The van der Waals surface area contributed by atoms with Crippen LogP contribution in [0.3, 0.4) is 0 Å². The molecule has 0 unspecified atom stereocenters. The maximum absolute atomic E-state index is 12.7. The van der Waals surface area contributed by atoms with Gasteiger partial charge in [-0.2, -0.15) is 13.2 Å². The second-order valence-electron chi connectivity index (χ2n) is 5.90. The Morgan fingerprint density at radius 3 is 2.23 bits per heavy atom. The summed E-state index contributed by atoms with van der Waals surface area (Å²) in [6, 6.07) is 5.67. The molecule has 0 amide bonds. The standard InChI is InChI=1S/C19H23F3/c1-2-3-4-5-6-10-18(15-8-7-9-15)16-11-13-17(14-12-16)19(20,21)22/h2,11-14H,1,3-10H2. The second-order valence-corrected chi connectivity index (χ2v) is 5.90. The van der Waals surface area contributed by atoms with Crippen LogP contribution >= 0.6 is 0 Å². The van der Waals surface area contributed by atoms with Crippen LogP contribution in [0.25, 0.3) is 5.57 Å². The Kier molecular flexibility index (Phi) is 5.87. The monoisotopic (exact) mass is 308 g/mol. The van der Waals surface area contributed by atoms with Gasteiger partial charge in [-0.25, -0.2) is 0 Å². The van der Waals surface area contributed by atoms with Crippen LogP contribution in [0, 0.1) is 0 Å². The molecule has 0 bridgehead atoms. The van der Waals surface area contributed by atoms with E-state index >= 15 is 0 Å². The number of benzene rings is 1. The van der Waals surface area contributed by atoms with Crippen LogP contribution in [-0.2, 0) is 6.18 Å². The summed E-state index contributed by atoms with van der Waals surface area (Å²) in [5.74, 6) is 0. The first kappa shape index (κ1) is 16.9. The Hall–Kier alpha value is -1.51. The third-order valence-corrected chi connectivity index (χ3v) is 4.28. The quantitative estimate of drug-likeness (QED) is 0.385. The average Bonchev–Trinajstić information content (AvgIpc) is 2.43. The van der Waals surface area contributed by atoms with E-state index in [4.69, 9.17) is 0 Å². The van der Waals surface area contributed by atoms with E-state index < -0.39 is 11.7 Å². The molecule has 0 N–H and O–H groups in total. The van der Waals surface area contributed by atoms with Gasteiger partial charge in [0.1, 0.15) is 0 Å². The van der Waals surface area contributed by atoms with Gasteiger partial charge >= 0.3 is 6.18 Å². The molecule has 0 spiro atoms. The first-order valence-electron chi connectivity index (χ1n) is 8.02. The van der Waals surface area contributed by atoms with Crippen molar-refractivity contribution in [1.29, 1.82) is 0 Å². The van der Waals surface area contributed by atoms with Crippen molar-refractivity contribution in [2.75, 3.05) is 0 Å². The van der Waals surface area contributed by atoms with Crippen LogP contribution in [0.1, 0.15) is 62.5 Å². The van der Waals surface area contributed by atoms with Gasteiger partial charge in [0, 0.05) is 0 Å². The van der Waals surface area contributed by atoms with Crippen molar-refractivity contribution in [2.24, 2.45) is 0 Å². The summed E-state index contributed by atoms with van der Waals surface area (Å²) >= 11 is 0. The van der Waals surface area contributed by atoms with E-state index in [0.29, 0.717) is 0 Å². The Balaban J connectivity index is 2.05. The van der Waals surface area contributed by atoms with Gasteiger partial charge in [-0.15, -0.1) is 6.58 Å². The fourth-order valence-electron chi connectivity index (χ4n) is 2.81. The lowest BCUT2D eigenvalue weighted by Gasteiger charge is -2.23. The molecule has 0 saturated heterocycles. The van der Waals surface area contributed by atoms with Crippen molar-refractivity contribution in [1.82, 2.24) is 0 Å². The Labute approximate surface area is 130 Å². The van der Waals surface area contributed by atoms with Crippen LogP contribution < -0.4 is 0 Å². The fourth-order valence-corrected chi connectivity index (χ4v) is 2.81. The summed E-state index contributed by atoms with van der Waals surface area (Å²) < 4.78 is 38.0. The van der Waals surface area contributed by atoms with Gasteiger partial charge in [-0.3, -0.25) is 0 Å². The van der Waals surface area contributed by atoms with Crippen LogP contribution in [0.15, 0.2) is 42.5 Å². The molecule has 1 fully saturated rings. The molecule has 1 aromatic carbocycles. The van der Waals surface area contributed by atoms with E-state index in [-0.39, 0.29) is 0 Å². The minimum Gasteiger partial charge on any atom is -0.166 e. The van der Waals surface area contributed by atoms with Crippen molar-refractivity contribution in [3.63, 3.8) is 0 Å². The smallest absolute Gasteiger partial charge is 0.166 e. The minimum absolute atomic E-state index is 0.569. The average molecular weight is 308 g/mol. The zero-order valence-corrected chi connectivity index (χ0v) is 12.9.